The predicted octanol–water partition coefficient (Wildman–Crippen LogP) is 3.18. The maximum absolute atomic E-state index is 13.1. The Morgan fingerprint density at radius 2 is 2.05 bits per heavy atom. The minimum atomic E-state index is -0.537. The molecule has 0 atom stereocenters. The largest absolute Gasteiger partial charge is 0.507 e. The van der Waals surface area contributed by atoms with E-state index in [1.807, 2.05) is 6.26 Å². The molecule has 19 heavy (non-hydrogen) atoms. The SMILES string of the molecule is CCC(CC)(CNC(=O)c1cc(F)ccc1O)SC. The van der Waals surface area contributed by atoms with Gasteiger partial charge in [-0.3, -0.25) is 4.79 Å². The van der Waals surface area contributed by atoms with Gasteiger partial charge in [0, 0.05) is 11.3 Å². The van der Waals surface area contributed by atoms with E-state index < -0.39 is 11.7 Å². The minimum Gasteiger partial charge on any atom is -0.507 e. The Balaban J connectivity index is 2.77. The third kappa shape index (κ3) is 3.86. The van der Waals surface area contributed by atoms with E-state index in [0.717, 1.165) is 25.0 Å². The van der Waals surface area contributed by atoms with Crippen LogP contribution in [-0.2, 0) is 0 Å². The smallest absolute Gasteiger partial charge is 0.255 e. The van der Waals surface area contributed by atoms with Gasteiger partial charge in [-0.25, -0.2) is 4.39 Å². The van der Waals surface area contributed by atoms with Crippen molar-refractivity contribution in [3.05, 3.63) is 29.6 Å². The molecule has 0 unspecified atom stereocenters. The van der Waals surface area contributed by atoms with Crippen LogP contribution in [0.15, 0.2) is 18.2 Å². The second-order valence-corrected chi connectivity index (χ2v) is 5.71. The number of amides is 1. The van der Waals surface area contributed by atoms with Gasteiger partial charge in [0.1, 0.15) is 11.6 Å². The summed E-state index contributed by atoms with van der Waals surface area (Å²) in [6, 6.07) is 3.35. The Kier molecular flexibility index (Phi) is 5.66. The fraction of sp³-hybridized carbons (Fsp3) is 0.500. The summed E-state index contributed by atoms with van der Waals surface area (Å²) < 4.78 is 13.1. The van der Waals surface area contributed by atoms with Crippen LogP contribution in [0, 0.1) is 5.82 Å². The molecule has 0 heterocycles. The normalized spacial score (nSPS) is 11.4. The predicted molar refractivity (Wildman–Crippen MR) is 77.2 cm³/mol. The highest BCUT2D eigenvalue weighted by molar-refractivity contribution is 8.00. The van der Waals surface area contributed by atoms with Gasteiger partial charge in [-0.15, -0.1) is 0 Å². The molecule has 0 saturated carbocycles. The molecule has 0 saturated heterocycles. The first-order chi connectivity index (χ1) is 8.98. The fourth-order valence-corrected chi connectivity index (χ4v) is 2.68. The van der Waals surface area contributed by atoms with Crippen molar-refractivity contribution in [2.24, 2.45) is 0 Å². The summed E-state index contributed by atoms with van der Waals surface area (Å²) in [5, 5.41) is 12.3. The van der Waals surface area contributed by atoms with Gasteiger partial charge in [0.05, 0.1) is 5.56 Å². The fourth-order valence-electron chi connectivity index (χ4n) is 1.89. The standard InChI is InChI=1S/C14H20FNO2S/c1-4-14(5-2,19-3)9-16-13(18)11-8-10(15)6-7-12(11)17/h6-8,17H,4-5,9H2,1-3H3,(H,16,18). The van der Waals surface area contributed by atoms with Crippen molar-refractivity contribution < 1.29 is 14.3 Å². The Hall–Kier alpha value is -1.23. The van der Waals surface area contributed by atoms with E-state index >= 15 is 0 Å². The highest BCUT2D eigenvalue weighted by Crippen LogP contribution is 2.29. The molecule has 0 aliphatic heterocycles. The number of thioether (sulfide) groups is 1. The summed E-state index contributed by atoms with van der Waals surface area (Å²) in [4.78, 5) is 12.0. The van der Waals surface area contributed by atoms with Crippen molar-refractivity contribution in [1.29, 1.82) is 0 Å². The molecular weight excluding hydrogens is 265 g/mol. The molecule has 0 aliphatic carbocycles. The summed E-state index contributed by atoms with van der Waals surface area (Å²) in [5.74, 6) is -1.19. The number of carbonyl (C=O) groups is 1. The van der Waals surface area contributed by atoms with E-state index in [2.05, 4.69) is 19.2 Å². The van der Waals surface area contributed by atoms with Crippen LogP contribution in [0.2, 0.25) is 0 Å². The van der Waals surface area contributed by atoms with Gasteiger partial charge < -0.3 is 10.4 Å². The Labute approximate surface area is 117 Å². The number of rotatable bonds is 6. The lowest BCUT2D eigenvalue weighted by Gasteiger charge is -2.29. The van der Waals surface area contributed by atoms with Crippen molar-refractivity contribution in [3.8, 4) is 5.75 Å². The molecule has 1 amide bonds. The monoisotopic (exact) mass is 285 g/mol. The number of hydrogen-bond donors (Lipinski definition) is 2. The summed E-state index contributed by atoms with van der Waals surface area (Å²) >= 11 is 1.71. The van der Waals surface area contributed by atoms with Crippen LogP contribution in [-0.4, -0.2) is 28.6 Å². The minimum absolute atomic E-state index is 0.0153. The summed E-state index contributed by atoms with van der Waals surface area (Å²) in [6.45, 7) is 4.65. The van der Waals surface area contributed by atoms with Crippen molar-refractivity contribution in [2.75, 3.05) is 12.8 Å². The zero-order chi connectivity index (χ0) is 14.5. The van der Waals surface area contributed by atoms with E-state index in [0.29, 0.717) is 6.54 Å². The Bertz CT molecular complexity index is 439. The lowest BCUT2D eigenvalue weighted by atomic mass is 10.0. The van der Waals surface area contributed by atoms with E-state index in [4.69, 9.17) is 0 Å². The lowest BCUT2D eigenvalue weighted by molar-refractivity contribution is 0.0945. The molecule has 2 N–H and O–H groups in total. The zero-order valence-corrected chi connectivity index (χ0v) is 12.3. The molecule has 0 aliphatic rings. The molecule has 3 nitrogen and oxygen atoms in total. The van der Waals surface area contributed by atoms with Crippen LogP contribution in [0.3, 0.4) is 0 Å². The molecule has 5 heteroatoms. The highest BCUT2D eigenvalue weighted by Gasteiger charge is 2.26. The van der Waals surface area contributed by atoms with Gasteiger partial charge in [-0.05, 0) is 37.3 Å². The van der Waals surface area contributed by atoms with E-state index in [9.17, 15) is 14.3 Å². The van der Waals surface area contributed by atoms with Gasteiger partial charge >= 0.3 is 0 Å². The zero-order valence-electron chi connectivity index (χ0n) is 11.5. The number of phenols is 1. The number of carbonyl (C=O) groups excluding carboxylic acids is 1. The maximum Gasteiger partial charge on any atom is 0.255 e. The lowest BCUT2D eigenvalue weighted by Crippen LogP contribution is -2.39. The second-order valence-electron chi connectivity index (χ2n) is 4.44. The molecule has 0 bridgehead atoms. The Morgan fingerprint density at radius 3 is 2.58 bits per heavy atom. The first-order valence-electron chi connectivity index (χ1n) is 6.30. The first kappa shape index (κ1) is 15.8. The number of nitrogens with one attached hydrogen (secondary N) is 1. The molecule has 1 aromatic rings. The number of aromatic hydroxyl groups is 1. The molecule has 1 rings (SSSR count). The van der Waals surface area contributed by atoms with Gasteiger partial charge in [-0.1, -0.05) is 13.8 Å². The van der Waals surface area contributed by atoms with E-state index in [1.165, 1.54) is 6.07 Å². The Morgan fingerprint density at radius 1 is 1.42 bits per heavy atom. The number of phenolic OH excluding ortho intramolecular Hbond substituents is 1. The third-order valence-electron chi connectivity index (χ3n) is 3.50. The van der Waals surface area contributed by atoms with Crippen LogP contribution in [0.5, 0.6) is 5.75 Å². The molecule has 0 fully saturated rings. The molecule has 0 radical (unpaired) electrons. The molecular formula is C14H20FNO2S. The molecule has 0 spiro atoms. The van der Waals surface area contributed by atoms with Crippen molar-refractivity contribution in [1.82, 2.24) is 5.32 Å². The van der Waals surface area contributed by atoms with Gasteiger partial charge in [0.2, 0.25) is 0 Å². The maximum atomic E-state index is 13.1. The highest BCUT2D eigenvalue weighted by atomic mass is 32.2. The summed E-state index contributed by atoms with van der Waals surface area (Å²) in [6.07, 6.45) is 3.87. The van der Waals surface area contributed by atoms with E-state index in [1.54, 1.807) is 11.8 Å². The van der Waals surface area contributed by atoms with Crippen molar-refractivity contribution in [3.63, 3.8) is 0 Å². The first-order valence-corrected chi connectivity index (χ1v) is 7.52. The quantitative estimate of drug-likeness (QED) is 0.844. The number of benzene rings is 1. The van der Waals surface area contributed by atoms with Gasteiger partial charge in [0.25, 0.3) is 5.91 Å². The molecule has 106 valence electrons. The third-order valence-corrected chi connectivity index (χ3v) is 5.08. The number of halogens is 1. The van der Waals surface area contributed by atoms with Gasteiger partial charge in [-0.2, -0.15) is 11.8 Å². The average molecular weight is 285 g/mol. The van der Waals surface area contributed by atoms with Crippen molar-refractivity contribution >= 4 is 17.7 Å². The van der Waals surface area contributed by atoms with E-state index in [-0.39, 0.29) is 16.1 Å². The number of hydrogen-bond acceptors (Lipinski definition) is 3. The molecule has 1 aromatic carbocycles. The summed E-state index contributed by atoms with van der Waals surface area (Å²) in [7, 11) is 0. The van der Waals surface area contributed by atoms with Crippen LogP contribution in [0.1, 0.15) is 37.0 Å². The average Bonchev–Trinajstić information content (AvgIpc) is 2.43. The van der Waals surface area contributed by atoms with Crippen LogP contribution >= 0.6 is 11.8 Å². The van der Waals surface area contributed by atoms with Crippen LogP contribution in [0.25, 0.3) is 0 Å². The van der Waals surface area contributed by atoms with Crippen molar-refractivity contribution in [2.45, 2.75) is 31.4 Å². The summed E-state index contributed by atoms with van der Waals surface area (Å²) in [5.41, 5.74) is -0.0257. The van der Waals surface area contributed by atoms with Gasteiger partial charge in [0.15, 0.2) is 0 Å². The van der Waals surface area contributed by atoms with Crippen LogP contribution < -0.4 is 5.32 Å². The van der Waals surface area contributed by atoms with Crippen LogP contribution in [0.4, 0.5) is 4.39 Å². The second kappa shape index (κ2) is 6.80. The topological polar surface area (TPSA) is 49.3 Å². The molecule has 0 aromatic heterocycles.